The van der Waals surface area contributed by atoms with Crippen molar-refractivity contribution in [2.75, 3.05) is 20.1 Å². The molecule has 1 N–H and O–H groups in total. The molecule has 1 saturated carbocycles. The molecular formula is C15H27N3. The molecule has 1 heterocycles. The van der Waals surface area contributed by atoms with Crippen molar-refractivity contribution in [1.29, 1.82) is 5.26 Å². The van der Waals surface area contributed by atoms with E-state index in [0.29, 0.717) is 0 Å². The van der Waals surface area contributed by atoms with Crippen LogP contribution in [0.3, 0.4) is 0 Å². The van der Waals surface area contributed by atoms with Gasteiger partial charge in [-0.25, -0.2) is 0 Å². The Morgan fingerprint density at radius 3 is 2.72 bits per heavy atom. The Hall–Kier alpha value is -0.590. The first-order chi connectivity index (χ1) is 8.68. The van der Waals surface area contributed by atoms with E-state index in [4.69, 9.17) is 0 Å². The van der Waals surface area contributed by atoms with E-state index in [0.717, 1.165) is 24.9 Å². The Morgan fingerprint density at radius 1 is 1.28 bits per heavy atom. The predicted molar refractivity (Wildman–Crippen MR) is 74.2 cm³/mol. The summed E-state index contributed by atoms with van der Waals surface area (Å²) < 4.78 is 0. The molecule has 1 saturated heterocycles. The van der Waals surface area contributed by atoms with Gasteiger partial charge in [-0.05, 0) is 58.5 Å². The van der Waals surface area contributed by atoms with Crippen molar-refractivity contribution < 1.29 is 0 Å². The van der Waals surface area contributed by atoms with Gasteiger partial charge in [0.25, 0.3) is 0 Å². The van der Waals surface area contributed by atoms with Crippen molar-refractivity contribution >= 4 is 0 Å². The van der Waals surface area contributed by atoms with Crippen LogP contribution in [0.1, 0.15) is 51.9 Å². The molecule has 2 fully saturated rings. The van der Waals surface area contributed by atoms with E-state index in [9.17, 15) is 5.26 Å². The summed E-state index contributed by atoms with van der Waals surface area (Å²) in [6.45, 7) is 4.33. The van der Waals surface area contributed by atoms with Crippen molar-refractivity contribution in [3.05, 3.63) is 0 Å². The van der Waals surface area contributed by atoms with E-state index in [1.165, 1.54) is 45.1 Å². The summed E-state index contributed by atoms with van der Waals surface area (Å²) >= 11 is 0. The van der Waals surface area contributed by atoms with Gasteiger partial charge in [-0.1, -0.05) is 12.8 Å². The number of nitrogens with one attached hydrogen (secondary N) is 1. The Labute approximate surface area is 112 Å². The zero-order valence-corrected chi connectivity index (χ0v) is 11.9. The van der Waals surface area contributed by atoms with Crippen LogP contribution in [0.25, 0.3) is 0 Å². The standard InChI is InChI=1S/C15H27N3/c1-15(12-16,17-2)9-11-18-10-5-7-13-6-3-4-8-14(13)18/h13-14,17H,3-11H2,1-2H3/t13-,14-,15?/m1/s1. The topological polar surface area (TPSA) is 39.1 Å². The molecule has 1 aliphatic heterocycles. The molecule has 3 heteroatoms. The van der Waals surface area contributed by atoms with Gasteiger partial charge in [0.15, 0.2) is 0 Å². The monoisotopic (exact) mass is 249 g/mol. The highest BCUT2D eigenvalue weighted by atomic mass is 15.2. The highest BCUT2D eigenvalue weighted by Gasteiger charge is 2.34. The van der Waals surface area contributed by atoms with Crippen molar-refractivity contribution in [2.24, 2.45) is 5.92 Å². The van der Waals surface area contributed by atoms with Gasteiger partial charge in [0.2, 0.25) is 0 Å². The van der Waals surface area contributed by atoms with E-state index in [-0.39, 0.29) is 5.54 Å². The third kappa shape index (κ3) is 3.05. The SMILES string of the molecule is CNC(C)(C#N)CCN1CCC[C@H]2CCCC[C@H]21. The van der Waals surface area contributed by atoms with E-state index in [2.05, 4.69) is 16.3 Å². The van der Waals surface area contributed by atoms with Gasteiger partial charge in [0.1, 0.15) is 5.54 Å². The average molecular weight is 249 g/mol. The molecule has 2 rings (SSSR count). The van der Waals surface area contributed by atoms with Crippen LogP contribution >= 0.6 is 0 Å². The molecule has 2 aliphatic rings. The fraction of sp³-hybridized carbons (Fsp3) is 0.933. The van der Waals surface area contributed by atoms with E-state index >= 15 is 0 Å². The van der Waals surface area contributed by atoms with Gasteiger partial charge in [0.05, 0.1) is 6.07 Å². The first kappa shape index (κ1) is 13.8. The smallest absolute Gasteiger partial charge is 0.104 e. The minimum Gasteiger partial charge on any atom is -0.303 e. The number of hydrogen-bond donors (Lipinski definition) is 1. The van der Waals surface area contributed by atoms with E-state index in [1.807, 2.05) is 14.0 Å². The third-order valence-corrected chi connectivity index (χ3v) is 5.06. The second-order valence-corrected chi connectivity index (χ2v) is 6.23. The van der Waals surface area contributed by atoms with Crippen LogP contribution in [-0.4, -0.2) is 36.6 Å². The molecule has 3 nitrogen and oxygen atoms in total. The number of fused-ring (bicyclic) bond motifs is 1. The zero-order valence-electron chi connectivity index (χ0n) is 11.9. The van der Waals surface area contributed by atoms with Crippen LogP contribution in [0.2, 0.25) is 0 Å². The van der Waals surface area contributed by atoms with Gasteiger partial charge in [-0.15, -0.1) is 0 Å². The Balaban J connectivity index is 1.90. The van der Waals surface area contributed by atoms with Crippen molar-refractivity contribution in [2.45, 2.75) is 63.5 Å². The van der Waals surface area contributed by atoms with Crippen molar-refractivity contribution in [1.82, 2.24) is 10.2 Å². The maximum Gasteiger partial charge on any atom is 0.104 e. The molecule has 0 aromatic heterocycles. The average Bonchev–Trinajstić information content (AvgIpc) is 2.44. The molecule has 0 spiro atoms. The largest absolute Gasteiger partial charge is 0.303 e. The molecule has 1 unspecified atom stereocenters. The minimum atomic E-state index is -0.360. The maximum atomic E-state index is 9.22. The summed E-state index contributed by atoms with van der Waals surface area (Å²) in [4.78, 5) is 2.67. The third-order valence-electron chi connectivity index (χ3n) is 5.06. The molecule has 0 aromatic carbocycles. The Morgan fingerprint density at radius 2 is 2.00 bits per heavy atom. The van der Waals surface area contributed by atoms with Crippen LogP contribution < -0.4 is 5.32 Å². The fourth-order valence-corrected chi connectivity index (χ4v) is 3.61. The van der Waals surface area contributed by atoms with E-state index in [1.54, 1.807) is 0 Å². The predicted octanol–water partition coefficient (Wildman–Crippen LogP) is 2.53. The summed E-state index contributed by atoms with van der Waals surface area (Å²) in [7, 11) is 1.89. The summed E-state index contributed by atoms with van der Waals surface area (Å²) in [6, 6.07) is 3.21. The van der Waals surface area contributed by atoms with Crippen LogP contribution in [0.4, 0.5) is 0 Å². The minimum absolute atomic E-state index is 0.360. The molecule has 102 valence electrons. The number of likely N-dealkylation sites (tertiary alicyclic amines) is 1. The Bertz CT molecular complexity index is 307. The number of nitrogens with zero attached hydrogens (tertiary/aromatic N) is 2. The summed E-state index contributed by atoms with van der Waals surface area (Å²) in [5, 5.41) is 12.4. The summed E-state index contributed by atoms with van der Waals surface area (Å²) in [6.07, 6.45) is 9.37. The van der Waals surface area contributed by atoms with Gasteiger partial charge in [-0.2, -0.15) is 5.26 Å². The second-order valence-electron chi connectivity index (χ2n) is 6.23. The highest BCUT2D eigenvalue weighted by molar-refractivity contribution is 5.03. The normalized spacial score (nSPS) is 32.3. The Kier molecular flexibility index (Phi) is 4.64. The number of nitriles is 1. The lowest BCUT2D eigenvalue weighted by molar-refractivity contribution is 0.0562. The first-order valence-electron chi connectivity index (χ1n) is 7.53. The molecule has 0 bridgehead atoms. The van der Waals surface area contributed by atoms with Crippen LogP contribution in [0, 0.1) is 17.2 Å². The number of piperidine rings is 1. The zero-order chi connectivity index (χ0) is 13.0. The van der Waals surface area contributed by atoms with E-state index < -0.39 is 0 Å². The van der Waals surface area contributed by atoms with Gasteiger partial charge < -0.3 is 10.2 Å². The quantitative estimate of drug-likeness (QED) is 0.832. The summed E-state index contributed by atoms with van der Waals surface area (Å²) in [5.41, 5.74) is -0.360. The lowest BCUT2D eigenvalue weighted by Gasteiger charge is -2.44. The number of rotatable bonds is 4. The molecular weight excluding hydrogens is 222 g/mol. The highest BCUT2D eigenvalue weighted by Crippen LogP contribution is 2.35. The summed E-state index contributed by atoms with van der Waals surface area (Å²) in [5.74, 6) is 0.940. The molecule has 18 heavy (non-hydrogen) atoms. The van der Waals surface area contributed by atoms with Crippen molar-refractivity contribution in [3.63, 3.8) is 0 Å². The lowest BCUT2D eigenvalue weighted by atomic mass is 9.78. The van der Waals surface area contributed by atoms with Gasteiger partial charge in [0, 0.05) is 12.6 Å². The molecule has 0 amide bonds. The lowest BCUT2D eigenvalue weighted by Crippen LogP contribution is -2.49. The fourth-order valence-electron chi connectivity index (χ4n) is 3.61. The van der Waals surface area contributed by atoms with Crippen LogP contribution in [0.5, 0.6) is 0 Å². The molecule has 3 atom stereocenters. The van der Waals surface area contributed by atoms with Gasteiger partial charge in [-0.3, -0.25) is 0 Å². The second kappa shape index (κ2) is 6.04. The molecule has 1 aliphatic carbocycles. The first-order valence-corrected chi connectivity index (χ1v) is 7.53. The van der Waals surface area contributed by atoms with Gasteiger partial charge >= 0.3 is 0 Å². The van der Waals surface area contributed by atoms with Crippen molar-refractivity contribution in [3.8, 4) is 6.07 Å². The molecule has 0 aromatic rings. The van der Waals surface area contributed by atoms with Crippen LogP contribution in [0.15, 0.2) is 0 Å². The molecule has 0 radical (unpaired) electrons. The van der Waals surface area contributed by atoms with Crippen LogP contribution in [-0.2, 0) is 0 Å². The number of hydrogen-bond acceptors (Lipinski definition) is 3. The maximum absolute atomic E-state index is 9.22.